The van der Waals surface area contributed by atoms with E-state index >= 15 is 0 Å². The van der Waals surface area contributed by atoms with E-state index in [2.05, 4.69) is 10.4 Å². The molecule has 4 heteroatoms. The van der Waals surface area contributed by atoms with Gasteiger partial charge in [-0.2, -0.15) is 5.10 Å². The second-order valence-electron chi connectivity index (χ2n) is 6.70. The number of halogens is 1. The van der Waals surface area contributed by atoms with Crippen molar-refractivity contribution in [1.82, 2.24) is 9.78 Å². The Labute approximate surface area is 130 Å². The molecule has 1 aromatic carbocycles. The van der Waals surface area contributed by atoms with Crippen molar-refractivity contribution in [2.75, 3.05) is 5.32 Å². The average Bonchev–Trinajstić information content (AvgIpc) is 3.22. The zero-order valence-electron chi connectivity index (χ0n) is 12.8. The minimum absolute atomic E-state index is 0.0284. The van der Waals surface area contributed by atoms with E-state index in [1.165, 1.54) is 19.3 Å². The Bertz CT molecular complexity index is 656. The quantitative estimate of drug-likeness (QED) is 0.861. The summed E-state index contributed by atoms with van der Waals surface area (Å²) < 4.78 is 16.4. The molecule has 0 spiro atoms. The monoisotopic (exact) mass is 299 g/mol. The van der Waals surface area contributed by atoms with Gasteiger partial charge < -0.3 is 5.32 Å². The van der Waals surface area contributed by atoms with E-state index in [0.29, 0.717) is 12.5 Å². The molecule has 4 rings (SSSR count). The van der Waals surface area contributed by atoms with Gasteiger partial charge in [0, 0.05) is 24.8 Å². The maximum Gasteiger partial charge on any atom is 0.131 e. The lowest BCUT2D eigenvalue weighted by atomic mass is 9.85. The van der Waals surface area contributed by atoms with E-state index in [9.17, 15) is 4.39 Å². The Morgan fingerprint density at radius 2 is 2.09 bits per heavy atom. The van der Waals surface area contributed by atoms with Gasteiger partial charge in [-0.1, -0.05) is 24.6 Å². The minimum Gasteiger partial charge on any atom is -0.378 e. The summed E-state index contributed by atoms with van der Waals surface area (Å²) in [6.45, 7) is 1.52. The fraction of sp³-hybridized carbons (Fsp3) is 0.500. The van der Waals surface area contributed by atoms with Crippen LogP contribution in [0.3, 0.4) is 0 Å². The van der Waals surface area contributed by atoms with Crippen LogP contribution in [0.25, 0.3) is 0 Å². The van der Waals surface area contributed by atoms with Crippen LogP contribution >= 0.6 is 0 Å². The molecule has 1 heterocycles. The summed E-state index contributed by atoms with van der Waals surface area (Å²) in [4.78, 5) is 0. The molecule has 116 valence electrons. The Kier molecular flexibility index (Phi) is 3.60. The molecule has 22 heavy (non-hydrogen) atoms. The zero-order valence-corrected chi connectivity index (χ0v) is 12.8. The third-order valence-corrected chi connectivity index (χ3v) is 4.91. The Balaban J connectivity index is 1.38. The van der Waals surface area contributed by atoms with Crippen LogP contribution in [0.1, 0.15) is 49.1 Å². The third kappa shape index (κ3) is 2.87. The van der Waals surface area contributed by atoms with Crippen molar-refractivity contribution >= 4 is 5.69 Å². The van der Waals surface area contributed by atoms with Gasteiger partial charge in [0.1, 0.15) is 5.82 Å². The lowest BCUT2D eigenvalue weighted by molar-refractivity contribution is 0.266. The molecule has 0 bridgehead atoms. The van der Waals surface area contributed by atoms with Crippen LogP contribution < -0.4 is 5.32 Å². The maximum absolute atomic E-state index is 14.4. The van der Waals surface area contributed by atoms with E-state index in [-0.39, 0.29) is 5.82 Å². The first-order valence-electron chi connectivity index (χ1n) is 8.33. The molecule has 2 aromatic rings. The van der Waals surface area contributed by atoms with Crippen molar-refractivity contribution in [3.63, 3.8) is 0 Å². The SMILES string of the molecule is Fc1c(CNc2cnn(CC3CCC3)c2)cccc1C1CC1. The summed E-state index contributed by atoms with van der Waals surface area (Å²) >= 11 is 0. The third-order valence-electron chi connectivity index (χ3n) is 4.91. The van der Waals surface area contributed by atoms with Gasteiger partial charge in [0.15, 0.2) is 0 Å². The Morgan fingerprint density at radius 1 is 1.23 bits per heavy atom. The van der Waals surface area contributed by atoms with E-state index in [1.807, 2.05) is 35.3 Å². The molecule has 2 aliphatic carbocycles. The molecular weight excluding hydrogens is 277 g/mol. The molecule has 0 amide bonds. The lowest BCUT2D eigenvalue weighted by Gasteiger charge is -2.24. The summed E-state index contributed by atoms with van der Waals surface area (Å²) in [6, 6.07) is 5.76. The second kappa shape index (κ2) is 5.75. The highest BCUT2D eigenvalue weighted by molar-refractivity contribution is 5.40. The molecule has 1 aromatic heterocycles. The average molecular weight is 299 g/mol. The topological polar surface area (TPSA) is 29.9 Å². The predicted octanol–water partition coefficient (Wildman–Crippen LogP) is 4.31. The van der Waals surface area contributed by atoms with Crippen molar-refractivity contribution in [1.29, 1.82) is 0 Å². The van der Waals surface area contributed by atoms with Crippen LogP contribution in [0, 0.1) is 11.7 Å². The number of benzene rings is 1. The first-order valence-corrected chi connectivity index (χ1v) is 8.33. The van der Waals surface area contributed by atoms with Gasteiger partial charge in [-0.25, -0.2) is 4.39 Å². The van der Waals surface area contributed by atoms with Crippen LogP contribution in [0.4, 0.5) is 10.1 Å². The van der Waals surface area contributed by atoms with Gasteiger partial charge in [-0.3, -0.25) is 4.68 Å². The molecule has 0 unspecified atom stereocenters. The zero-order chi connectivity index (χ0) is 14.9. The molecule has 3 nitrogen and oxygen atoms in total. The first kappa shape index (κ1) is 13.8. The number of hydrogen-bond acceptors (Lipinski definition) is 2. The summed E-state index contributed by atoms with van der Waals surface area (Å²) in [6.07, 6.45) is 10.1. The fourth-order valence-corrected chi connectivity index (χ4v) is 3.14. The number of aromatic nitrogens is 2. The van der Waals surface area contributed by atoms with Gasteiger partial charge in [0.25, 0.3) is 0 Å². The van der Waals surface area contributed by atoms with Gasteiger partial charge >= 0.3 is 0 Å². The van der Waals surface area contributed by atoms with E-state index < -0.39 is 0 Å². The van der Waals surface area contributed by atoms with E-state index in [1.54, 1.807) is 0 Å². The Hall–Kier alpha value is -1.84. The van der Waals surface area contributed by atoms with Crippen molar-refractivity contribution in [3.05, 3.63) is 47.5 Å². The van der Waals surface area contributed by atoms with E-state index in [4.69, 9.17) is 0 Å². The summed E-state index contributed by atoms with van der Waals surface area (Å²) in [5, 5.41) is 7.68. The maximum atomic E-state index is 14.4. The highest BCUT2D eigenvalue weighted by atomic mass is 19.1. The minimum atomic E-state index is -0.0284. The van der Waals surface area contributed by atoms with Crippen molar-refractivity contribution in [2.24, 2.45) is 5.92 Å². The molecule has 2 saturated carbocycles. The Morgan fingerprint density at radius 3 is 2.82 bits per heavy atom. The predicted molar refractivity (Wildman–Crippen MR) is 85.3 cm³/mol. The molecule has 0 radical (unpaired) electrons. The van der Waals surface area contributed by atoms with Crippen LogP contribution in [-0.2, 0) is 13.1 Å². The van der Waals surface area contributed by atoms with Gasteiger partial charge in [-0.15, -0.1) is 0 Å². The number of anilines is 1. The van der Waals surface area contributed by atoms with Crippen molar-refractivity contribution < 1.29 is 4.39 Å². The summed E-state index contributed by atoms with van der Waals surface area (Å²) in [5.74, 6) is 1.21. The number of nitrogens with zero attached hydrogens (tertiary/aromatic N) is 2. The van der Waals surface area contributed by atoms with Gasteiger partial charge in [0.05, 0.1) is 11.9 Å². The van der Waals surface area contributed by atoms with Crippen molar-refractivity contribution in [2.45, 2.75) is 51.1 Å². The highest BCUT2D eigenvalue weighted by Crippen LogP contribution is 2.41. The largest absolute Gasteiger partial charge is 0.378 e. The second-order valence-corrected chi connectivity index (χ2v) is 6.70. The molecule has 0 saturated heterocycles. The highest BCUT2D eigenvalue weighted by Gasteiger charge is 2.27. The van der Waals surface area contributed by atoms with Crippen LogP contribution in [0.5, 0.6) is 0 Å². The number of rotatable bonds is 6. The van der Waals surface area contributed by atoms with Crippen molar-refractivity contribution in [3.8, 4) is 0 Å². The molecule has 1 N–H and O–H groups in total. The fourth-order valence-electron chi connectivity index (χ4n) is 3.14. The molecule has 0 atom stereocenters. The van der Waals surface area contributed by atoms with E-state index in [0.717, 1.165) is 42.1 Å². The summed E-state index contributed by atoms with van der Waals surface area (Å²) in [5.41, 5.74) is 2.60. The number of nitrogens with one attached hydrogen (secondary N) is 1. The molecular formula is C18H22FN3. The van der Waals surface area contributed by atoms with Crippen LogP contribution in [0.15, 0.2) is 30.6 Å². The standard InChI is InChI=1S/C18H22FN3/c19-18-15(5-2-6-17(18)14-7-8-14)9-20-16-10-21-22(12-16)11-13-3-1-4-13/h2,5-6,10,12-14,20H,1,3-4,7-9,11H2. The van der Waals surface area contributed by atoms with Gasteiger partial charge in [0.2, 0.25) is 0 Å². The van der Waals surface area contributed by atoms with Gasteiger partial charge in [-0.05, 0) is 43.1 Å². The molecule has 0 aliphatic heterocycles. The smallest absolute Gasteiger partial charge is 0.131 e. The summed E-state index contributed by atoms with van der Waals surface area (Å²) in [7, 11) is 0. The van der Waals surface area contributed by atoms with Crippen LogP contribution in [-0.4, -0.2) is 9.78 Å². The number of hydrogen-bond donors (Lipinski definition) is 1. The molecule has 2 aliphatic rings. The molecule has 2 fully saturated rings. The first-order chi connectivity index (χ1) is 10.8. The van der Waals surface area contributed by atoms with Crippen LogP contribution in [0.2, 0.25) is 0 Å². The lowest BCUT2D eigenvalue weighted by Crippen LogP contribution is -2.18. The normalized spacial score (nSPS) is 18.2.